The zero-order valence-corrected chi connectivity index (χ0v) is 13.9. The van der Waals surface area contributed by atoms with E-state index in [0.29, 0.717) is 18.0 Å². The monoisotopic (exact) mass is 350 g/mol. The fourth-order valence-electron chi connectivity index (χ4n) is 2.58. The van der Waals surface area contributed by atoms with Crippen LogP contribution in [0.2, 0.25) is 0 Å². The minimum atomic E-state index is -1.03. The molecule has 6 nitrogen and oxygen atoms in total. The molecule has 3 rings (SSSR count). The summed E-state index contributed by atoms with van der Waals surface area (Å²) in [6.07, 6.45) is 2.97. The van der Waals surface area contributed by atoms with Gasteiger partial charge in [-0.05, 0) is 29.3 Å². The summed E-state index contributed by atoms with van der Waals surface area (Å²) in [6, 6.07) is 17.5. The summed E-state index contributed by atoms with van der Waals surface area (Å²) in [6.45, 7) is 0.344. The molecule has 0 atom stereocenters. The third-order valence-corrected chi connectivity index (χ3v) is 3.91. The number of hydrogen-bond donors (Lipinski definition) is 3. The molecule has 0 saturated heterocycles. The van der Waals surface area contributed by atoms with Gasteiger partial charge in [0.15, 0.2) is 0 Å². The second-order valence-electron chi connectivity index (χ2n) is 5.63. The molecule has 0 spiro atoms. The van der Waals surface area contributed by atoms with E-state index >= 15 is 0 Å². The summed E-state index contributed by atoms with van der Waals surface area (Å²) >= 11 is 0. The number of nitrogens with zero attached hydrogens (tertiary/aromatic N) is 1. The van der Waals surface area contributed by atoms with Crippen LogP contribution in [0, 0.1) is 0 Å². The van der Waals surface area contributed by atoms with Gasteiger partial charge in [-0.2, -0.15) is 0 Å². The number of carboxylic acids is 1. The molecule has 0 fully saturated rings. The van der Waals surface area contributed by atoms with E-state index in [9.17, 15) is 10.0 Å². The van der Waals surface area contributed by atoms with Crippen molar-refractivity contribution in [1.29, 1.82) is 0 Å². The lowest BCUT2D eigenvalue weighted by Gasteiger charge is -2.16. The van der Waals surface area contributed by atoms with Crippen molar-refractivity contribution in [3.05, 3.63) is 78.0 Å². The summed E-state index contributed by atoms with van der Waals surface area (Å²) < 4.78 is 5.73. The number of aliphatic carboxylic acids is 1. The first-order valence-electron chi connectivity index (χ1n) is 8.06. The molecule has 6 heteroatoms. The molecule has 2 aromatic carbocycles. The molecule has 2 aromatic rings. The highest BCUT2D eigenvalue weighted by Gasteiger charge is 2.16. The van der Waals surface area contributed by atoms with Gasteiger partial charge in [-0.1, -0.05) is 53.7 Å². The van der Waals surface area contributed by atoms with Crippen LogP contribution in [-0.2, 0) is 4.79 Å². The lowest BCUT2D eigenvalue weighted by Crippen LogP contribution is -2.28. The van der Waals surface area contributed by atoms with Gasteiger partial charge in [0.05, 0.1) is 11.3 Å². The number of oxime groups is 1. The van der Waals surface area contributed by atoms with Gasteiger partial charge in [0.1, 0.15) is 18.1 Å². The maximum Gasteiger partial charge on any atom is 0.335 e. The molecular weight excluding hydrogens is 332 g/mol. The van der Waals surface area contributed by atoms with Crippen molar-refractivity contribution in [2.24, 2.45) is 5.16 Å². The van der Waals surface area contributed by atoms with Crippen LogP contribution in [0.3, 0.4) is 0 Å². The maximum atomic E-state index is 11.1. The Morgan fingerprint density at radius 2 is 1.88 bits per heavy atom. The highest BCUT2D eigenvalue weighted by atomic mass is 16.5. The van der Waals surface area contributed by atoms with E-state index in [2.05, 4.69) is 10.5 Å². The molecule has 0 aromatic heterocycles. The molecule has 26 heavy (non-hydrogen) atoms. The van der Waals surface area contributed by atoms with Gasteiger partial charge >= 0.3 is 5.97 Å². The Labute approximate surface area is 150 Å². The van der Waals surface area contributed by atoms with Crippen LogP contribution < -0.4 is 10.1 Å². The van der Waals surface area contributed by atoms with Crippen molar-refractivity contribution in [2.45, 2.75) is 0 Å². The van der Waals surface area contributed by atoms with Crippen LogP contribution in [0.15, 0.2) is 83.2 Å². The molecule has 132 valence electrons. The van der Waals surface area contributed by atoms with E-state index in [0.717, 1.165) is 11.1 Å². The lowest BCUT2D eigenvalue weighted by atomic mass is 10.1. The number of benzene rings is 2. The number of carbonyl (C=O) groups is 1. The smallest absolute Gasteiger partial charge is 0.335 e. The van der Waals surface area contributed by atoms with Gasteiger partial charge in [-0.15, -0.1) is 0 Å². The molecule has 0 amide bonds. The molecule has 0 saturated carbocycles. The molecule has 3 N–H and O–H groups in total. The van der Waals surface area contributed by atoms with E-state index in [1.54, 1.807) is 6.08 Å². The number of dihydropyridines is 1. The highest BCUT2D eigenvalue weighted by molar-refractivity contribution is 6.03. The van der Waals surface area contributed by atoms with Gasteiger partial charge in [0.25, 0.3) is 0 Å². The zero-order chi connectivity index (χ0) is 18.4. The fraction of sp³-hybridized carbons (Fsp3) is 0.100. The van der Waals surface area contributed by atoms with Crippen molar-refractivity contribution < 1.29 is 19.8 Å². The number of carboxylic acid groups (broad SMARTS) is 1. The highest BCUT2D eigenvalue weighted by Crippen LogP contribution is 2.23. The number of ether oxygens (including phenoxy) is 1. The third-order valence-electron chi connectivity index (χ3n) is 3.91. The van der Waals surface area contributed by atoms with Crippen molar-refractivity contribution in [2.75, 3.05) is 13.2 Å². The van der Waals surface area contributed by atoms with Crippen LogP contribution in [0.1, 0.15) is 0 Å². The van der Waals surface area contributed by atoms with Crippen molar-refractivity contribution in [1.82, 2.24) is 5.32 Å². The fourth-order valence-corrected chi connectivity index (χ4v) is 2.58. The molecule has 0 bridgehead atoms. The van der Waals surface area contributed by atoms with Gasteiger partial charge in [-0.25, -0.2) is 4.79 Å². The summed E-state index contributed by atoms with van der Waals surface area (Å²) in [7, 11) is 0. The first-order chi connectivity index (χ1) is 12.7. The van der Waals surface area contributed by atoms with Crippen LogP contribution in [-0.4, -0.2) is 35.1 Å². The Kier molecular flexibility index (Phi) is 5.34. The predicted molar refractivity (Wildman–Crippen MR) is 98.4 cm³/mol. The normalized spacial score (nSPS) is 14.1. The Hall–Kier alpha value is -3.54. The minimum absolute atomic E-state index is 0.000472. The van der Waals surface area contributed by atoms with Crippen LogP contribution in [0.4, 0.5) is 0 Å². The Balaban J connectivity index is 1.72. The van der Waals surface area contributed by atoms with Crippen LogP contribution in [0.25, 0.3) is 11.1 Å². The van der Waals surface area contributed by atoms with Gasteiger partial charge in [0.2, 0.25) is 0 Å². The molecule has 1 aliphatic heterocycles. The summed E-state index contributed by atoms with van der Waals surface area (Å²) in [5, 5.41) is 24.6. The molecule has 1 heterocycles. The SMILES string of the molecule is O=C(O)C1=CCNC(/C(COc2cccc(-c3ccccc3)c2)=N/O)=C1. The average molecular weight is 350 g/mol. The largest absolute Gasteiger partial charge is 0.487 e. The van der Waals surface area contributed by atoms with Crippen LogP contribution >= 0.6 is 0 Å². The Morgan fingerprint density at radius 1 is 1.12 bits per heavy atom. The van der Waals surface area contributed by atoms with Gasteiger partial charge in [0, 0.05) is 6.54 Å². The first kappa shape index (κ1) is 17.3. The second kappa shape index (κ2) is 8.02. The van der Waals surface area contributed by atoms with E-state index in [4.69, 9.17) is 9.84 Å². The Morgan fingerprint density at radius 3 is 2.62 bits per heavy atom. The predicted octanol–water partition coefficient (Wildman–Crippen LogP) is 3.06. The summed E-state index contributed by atoms with van der Waals surface area (Å²) in [4.78, 5) is 11.1. The van der Waals surface area contributed by atoms with Gasteiger partial charge < -0.3 is 20.4 Å². The van der Waals surface area contributed by atoms with Crippen molar-refractivity contribution in [3.8, 4) is 16.9 Å². The van der Waals surface area contributed by atoms with E-state index in [1.165, 1.54) is 6.08 Å². The van der Waals surface area contributed by atoms with Crippen molar-refractivity contribution in [3.63, 3.8) is 0 Å². The maximum absolute atomic E-state index is 11.1. The van der Waals surface area contributed by atoms with E-state index < -0.39 is 5.97 Å². The molecule has 0 radical (unpaired) electrons. The number of nitrogens with one attached hydrogen (secondary N) is 1. The molecular formula is C20H18N2O4. The van der Waals surface area contributed by atoms with E-state index in [-0.39, 0.29) is 17.9 Å². The van der Waals surface area contributed by atoms with Gasteiger partial charge in [-0.3, -0.25) is 0 Å². The molecule has 0 unspecified atom stereocenters. The summed E-state index contributed by atoms with van der Waals surface area (Å²) in [5.74, 6) is -0.407. The topological polar surface area (TPSA) is 91.2 Å². The minimum Gasteiger partial charge on any atom is -0.487 e. The Bertz CT molecular complexity index is 886. The first-order valence-corrected chi connectivity index (χ1v) is 8.06. The quantitative estimate of drug-likeness (QED) is 0.423. The van der Waals surface area contributed by atoms with E-state index in [1.807, 2.05) is 54.6 Å². The molecule has 0 aliphatic carbocycles. The second-order valence-corrected chi connectivity index (χ2v) is 5.63. The zero-order valence-electron chi connectivity index (χ0n) is 13.9. The standard InChI is InChI=1S/C20H18N2O4/c23-20(24)16-9-10-21-18(12-16)19(22-25)13-26-17-8-4-7-15(11-17)14-5-2-1-3-6-14/h1-9,11-12,21,25H,10,13H2,(H,23,24)/b22-19+. The lowest BCUT2D eigenvalue weighted by molar-refractivity contribution is -0.132. The number of hydrogen-bond acceptors (Lipinski definition) is 5. The summed E-state index contributed by atoms with van der Waals surface area (Å²) in [5.41, 5.74) is 2.87. The average Bonchev–Trinajstić information content (AvgIpc) is 2.69. The van der Waals surface area contributed by atoms with Crippen LogP contribution in [0.5, 0.6) is 5.75 Å². The number of rotatable bonds is 6. The third kappa shape index (κ3) is 4.10. The molecule has 1 aliphatic rings. The van der Waals surface area contributed by atoms with Crippen molar-refractivity contribution >= 4 is 11.7 Å².